The van der Waals surface area contributed by atoms with Gasteiger partial charge in [-0.05, 0) is 141 Å². The standard InChI is InChI=1S/C40H29N/c1-26-13-14-27(2)40(19-26)41(34-11-7-4-8-12-34)35-18-17-31-23-37-36-22-30-16-15-29(28-9-5-3-6-10-28)20-32(30)24-38(36)39(37)25-33(31)21-35/h3-25H,1-2H3. The smallest absolute Gasteiger partial charge is 0.0493 e. The summed E-state index contributed by atoms with van der Waals surface area (Å²) in [6.07, 6.45) is 0. The van der Waals surface area contributed by atoms with Gasteiger partial charge < -0.3 is 4.90 Å². The zero-order valence-electron chi connectivity index (χ0n) is 23.2. The highest BCUT2D eigenvalue weighted by Gasteiger charge is 2.24. The molecule has 0 bridgehead atoms. The Balaban J connectivity index is 1.24. The van der Waals surface area contributed by atoms with Crippen molar-refractivity contribution in [1.29, 1.82) is 0 Å². The summed E-state index contributed by atoms with van der Waals surface area (Å²) in [6.45, 7) is 4.36. The summed E-state index contributed by atoms with van der Waals surface area (Å²) in [4.78, 5) is 2.38. The molecule has 194 valence electrons. The van der Waals surface area contributed by atoms with Crippen LogP contribution in [0.3, 0.4) is 0 Å². The molecule has 1 aliphatic carbocycles. The molecule has 0 N–H and O–H groups in total. The second-order valence-electron chi connectivity index (χ2n) is 11.2. The van der Waals surface area contributed by atoms with Crippen LogP contribution in [0.4, 0.5) is 17.1 Å². The molecule has 0 radical (unpaired) electrons. The molecule has 1 heteroatoms. The van der Waals surface area contributed by atoms with Gasteiger partial charge in [0.15, 0.2) is 0 Å². The normalized spacial score (nSPS) is 11.7. The van der Waals surface area contributed by atoms with Crippen molar-refractivity contribution in [2.45, 2.75) is 13.8 Å². The molecule has 7 aromatic carbocycles. The maximum Gasteiger partial charge on any atom is 0.0493 e. The van der Waals surface area contributed by atoms with E-state index in [4.69, 9.17) is 0 Å². The van der Waals surface area contributed by atoms with Crippen LogP contribution in [0, 0.1) is 13.8 Å². The van der Waals surface area contributed by atoms with Crippen molar-refractivity contribution in [3.8, 4) is 33.4 Å². The predicted molar refractivity (Wildman–Crippen MR) is 175 cm³/mol. The van der Waals surface area contributed by atoms with Crippen LogP contribution in [0.5, 0.6) is 0 Å². The van der Waals surface area contributed by atoms with Crippen molar-refractivity contribution in [3.63, 3.8) is 0 Å². The van der Waals surface area contributed by atoms with Crippen molar-refractivity contribution < 1.29 is 0 Å². The maximum absolute atomic E-state index is 2.38. The molecule has 0 amide bonds. The Morgan fingerprint density at radius 2 is 0.976 bits per heavy atom. The first-order valence-corrected chi connectivity index (χ1v) is 14.3. The van der Waals surface area contributed by atoms with E-state index >= 15 is 0 Å². The van der Waals surface area contributed by atoms with Crippen LogP contribution in [0.2, 0.25) is 0 Å². The third-order valence-electron chi connectivity index (χ3n) is 8.50. The molecule has 7 aromatic rings. The lowest BCUT2D eigenvalue weighted by atomic mass is 9.77. The van der Waals surface area contributed by atoms with Gasteiger partial charge in [-0.25, -0.2) is 0 Å². The molecule has 41 heavy (non-hydrogen) atoms. The van der Waals surface area contributed by atoms with Gasteiger partial charge in [0, 0.05) is 17.1 Å². The SMILES string of the molecule is Cc1ccc(C)c(N(c2ccccc2)c2ccc3cc4c(cc3c2)-c2cc3cc(-c5ccccc5)ccc3cc2-4)c1. The van der Waals surface area contributed by atoms with Gasteiger partial charge in [-0.15, -0.1) is 0 Å². The number of fused-ring (bicyclic) bond motifs is 6. The largest absolute Gasteiger partial charge is 0.310 e. The predicted octanol–water partition coefficient (Wildman–Crippen LogP) is 11.4. The van der Waals surface area contributed by atoms with Crippen LogP contribution < -0.4 is 4.90 Å². The van der Waals surface area contributed by atoms with Gasteiger partial charge in [0.25, 0.3) is 0 Å². The van der Waals surface area contributed by atoms with Crippen LogP contribution in [-0.2, 0) is 0 Å². The lowest BCUT2D eigenvalue weighted by Gasteiger charge is -2.29. The van der Waals surface area contributed by atoms with Crippen LogP contribution in [0.1, 0.15) is 11.1 Å². The molecule has 1 aliphatic rings. The monoisotopic (exact) mass is 523 g/mol. The number of rotatable bonds is 4. The van der Waals surface area contributed by atoms with E-state index in [1.807, 2.05) is 0 Å². The number of nitrogens with zero attached hydrogens (tertiary/aromatic N) is 1. The summed E-state index contributed by atoms with van der Waals surface area (Å²) in [5.41, 5.74) is 14.0. The molecule has 0 aromatic heterocycles. The van der Waals surface area contributed by atoms with E-state index < -0.39 is 0 Å². The van der Waals surface area contributed by atoms with Gasteiger partial charge in [-0.1, -0.05) is 78.9 Å². The molecular weight excluding hydrogens is 494 g/mol. The minimum atomic E-state index is 1.16. The minimum absolute atomic E-state index is 1.16. The Bertz CT molecular complexity index is 2110. The van der Waals surface area contributed by atoms with Crippen molar-refractivity contribution in [2.24, 2.45) is 0 Å². The first kappa shape index (κ1) is 23.7. The van der Waals surface area contributed by atoms with Crippen molar-refractivity contribution in [3.05, 3.63) is 151 Å². The summed E-state index contributed by atoms with van der Waals surface area (Å²) in [5, 5.41) is 5.11. The lowest BCUT2D eigenvalue weighted by molar-refractivity contribution is 1.24. The number of para-hydroxylation sites is 1. The van der Waals surface area contributed by atoms with Crippen molar-refractivity contribution in [2.75, 3.05) is 4.90 Å². The van der Waals surface area contributed by atoms with Gasteiger partial charge in [0.1, 0.15) is 0 Å². The number of hydrogen-bond donors (Lipinski definition) is 0. The Kier molecular flexibility index (Phi) is 5.33. The van der Waals surface area contributed by atoms with E-state index in [0.29, 0.717) is 0 Å². The summed E-state index contributed by atoms with van der Waals surface area (Å²) in [6, 6.07) is 51.2. The third-order valence-corrected chi connectivity index (χ3v) is 8.50. The van der Waals surface area contributed by atoms with E-state index in [-0.39, 0.29) is 0 Å². The van der Waals surface area contributed by atoms with Crippen LogP contribution in [0.25, 0.3) is 54.9 Å². The highest BCUT2D eigenvalue weighted by molar-refractivity contribution is 6.12. The van der Waals surface area contributed by atoms with Crippen LogP contribution in [-0.4, -0.2) is 0 Å². The maximum atomic E-state index is 2.38. The molecule has 0 heterocycles. The first-order valence-electron chi connectivity index (χ1n) is 14.3. The average Bonchev–Trinajstić information content (AvgIpc) is 3.02. The van der Waals surface area contributed by atoms with Crippen molar-refractivity contribution in [1.82, 2.24) is 0 Å². The highest BCUT2D eigenvalue weighted by Crippen LogP contribution is 2.51. The van der Waals surface area contributed by atoms with Crippen LogP contribution >= 0.6 is 0 Å². The van der Waals surface area contributed by atoms with Gasteiger partial charge in [0.05, 0.1) is 0 Å². The van der Waals surface area contributed by atoms with E-state index in [9.17, 15) is 0 Å². The summed E-state index contributed by atoms with van der Waals surface area (Å²) < 4.78 is 0. The Morgan fingerprint density at radius 3 is 1.66 bits per heavy atom. The highest BCUT2D eigenvalue weighted by atomic mass is 15.1. The van der Waals surface area contributed by atoms with E-state index in [1.54, 1.807) is 0 Å². The van der Waals surface area contributed by atoms with E-state index in [1.165, 1.54) is 77.4 Å². The molecule has 0 fully saturated rings. The molecule has 8 rings (SSSR count). The van der Waals surface area contributed by atoms with Gasteiger partial charge >= 0.3 is 0 Å². The Morgan fingerprint density at radius 1 is 0.390 bits per heavy atom. The Hall–Kier alpha value is -5.14. The fourth-order valence-corrected chi connectivity index (χ4v) is 6.33. The number of aryl methyl sites for hydroxylation is 2. The molecule has 1 nitrogen and oxygen atoms in total. The number of anilines is 3. The molecular formula is C40H29N. The zero-order valence-corrected chi connectivity index (χ0v) is 23.2. The number of hydrogen-bond acceptors (Lipinski definition) is 1. The fraction of sp³-hybridized carbons (Fsp3) is 0.0500. The summed E-state index contributed by atoms with van der Waals surface area (Å²) in [5.74, 6) is 0. The quantitative estimate of drug-likeness (QED) is 0.222. The average molecular weight is 524 g/mol. The number of benzene rings is 7. The summed E-state index contributed by atoms with van der Waals surface area (Å²) >= 11 is 0. The van der Waals surface area contributed by atoms with Crippen molar-refractivity contribution >= 4 is 38.6 Å². The third kappa shape index (κ3) is 3.93. The van der Waals surface area contributed by atoms with Gasteiger partial charge in [0.2, 0.25) is 0 Å². The first-order chi connectivity index (χ1) is 20.1. The minimum Gasteiger partial charge on any atom is -0.310 e. The van der Waals surface area contributed by atoms with E-state index in [2.05, 4.69) is 158 Å². The lowest BCUT2D eigenvalue weighted by Crippen LogP contribution is -2.11. The molecule has 0 aliphatic heterocycles. The zero-order chi connectivity index (χ0) is 27.5. The molecule has 0 saturated carbocycles. The molecule has 0 saturated heterocycles. The van der Waals surface area contributed by atoms with Gasteiger partial charge in [-0.3, -0.25) is 0 Å². The van der Waals surface area contributed by atoms with Crippen LogP contribution in [0.15, 0.2) is 140 Å². The van der Waals surface area contributed by atoms with Gasteiger partial charge in [-0.2, -0.15) is 0 Å². The molecule has 0 spiro atoms. The summed E-state index contributed by atoms with van der Waals surface area (Å²) in [7, 11) is 0. The second kappa shape index (κ2) is 9.21. The Labute approximate surface area is 241 Å². The molecule has 0 atom stereocenters. The second-order valence-corrected chi connectivity index (χ2v) is 11.2. The van der Waals surface area contributed by atoms with E-state index in [0.717, 1.165) is 5.69 Å². The molecule has 0 unspecified atom stereocenters. The topological polar surface area (TPSA) is 3.24 Å². The fourth-order valence-electron chi connectivity index (χ4n) is 6.33.